The molecule has 2 saturated heterocycles. The van der Waals surface area contributed by atoms with Crippen LogP contribution in [0.25, 0.3) is 0 Å². The summed E-state index contributed by atoms with van der Waals surface area (Å²) in [5, 5.41) is 3.09. The van der Waals surface area contributed by atoms with Gasteiger partial charge in [-0.3, -0.25) is 14.4 Å². The molecule has 4 rings (SSSR count). The van der Waals surface area contributed by atoms with Gasteiger partial charge in [-0.05, 0) is 43.0 Å². The van der Waals surface area contributed by atoms with Crippen LogP contribution in [0.15, 0.2) is 54.6 Å². The van der Waals surface area contributed by atoms with Crippen LogP contribution in [0.4, 0.5) is 11.4 Å². The van der Waals surface area contributed by atoms with Gasteiger partial charge < -0.3 is 15.1 Å². The molecule has 0 saturated carbocycles. The van der Waals surface area contributed by atoms with Crippen molar-refractivity contribution >= 4 is 29.1 Å². The van der Waals surface area contributed by atoms with E-state index in [1.807, 2.05) is 54.6 Å². The first-order chi connectivity index (χ1) is 14.5. The van der Waals surface area contributed by atoms with E-state index in [9.17, 15) is 14.4 Å². The van der Waals surface area contributed by atoms with Gasteiger partial charge in [0.2, 0.25) is 17.7 Å². The average molecular weight is 405 g/mol. The molecule has 2 aliphatic heterocycles. The maximum atomic E-state index is 13.6. The van der Waals surface area contributed by atoms with E-state index < -0.39 is 5.41 Å². The van der Waals surface area contributed by atoms with E-state index >= 15 is 0 Å². The molecular weight excluding hydrogens is 378 g/mol. The number of carbonyl (C=O) groups is 3. The van der Waals surface area contributed by atoms with Gasteiger partial charge in [0.15, 0.2) is 0 Å². The van der Waals surface area contributed by atoms with E-state index in [0.29, 0.717) is 44.6 Å². The fourth-order valence-electron chi connectivity index (χ4n) is 4.53. The molecule has 2 aromatic rings. The van der Waals surface area contributed by atoms with E-state index in [1.165, 1.54) is 0 Å². The molecule has 2 aromatic carbocycles. The topological polar surface area (TPSA) is 69.7 Å². The molecule has 0 bridgehead atoms. The summed E-state index contributed by atoms with van der Waals surface area (Å²) in [5.41, 5.74) is 1.78. The van der Waals surface area contributed by atoms with Crippen LogP contribution < -0.4 is 10.2 Å². The molecule has 0 spiro atoms. The lowest BCUT2D eigenvalue weighted by Crippen LogP contribution is -2.50. The third kappa shape index (κ3) is 3.82. The maximum Gasteiger partial charge on any atom is 0.235 e. The van der Waals surface area contributed by atoms with Crippen LogP contribution in [0.2, 0.25) is 0 Å². The van der Waals surface area contributed by atoms with Crippen molar-refractivity contribution in [3.63, 3.8) is 0 Å². The van der Waals surface area contributed by atoms with Crippen molar-refractivity contribution in [3.05, 3.63) is 60.2 Å². The van der Waals surface area contributed by atoms with Crippen molar-refractivity contribution in [1.29, 1.82) is 0 Å². The first-order valence-corrected chi connectivity index (χ1v) is 10.5. The standard InChI is InChI=1S/C24H27N3O3/c1-18(28)26-15-12-24(13-16-26,19-7-3-2-4-8-19)23(30)25-20-9-5-10-21(17-20)27-14-6-11-22(27)29/h2-5,7-10,17H,6,11-16H2,1H3,(H,25,30). The Kier molecular flexibility index (Phi) is 5.57. The third-order valence-corrected chi connectivity index (χ3v) is 6.31. The molecule has 0 atom stereocenters. The Morgan fingerprint density at radius 1 is 0.967 bits per heavy atom. The molecule has 6 heteroatoms. The molecule has 30 heavy (non-hydrogen) atoms. The highest BCUT2D eigenvalue weighted by atomic mass is 16.2. The summed E-state index contributed by atoms with van der Waals surface area (Å²) in [6.07, 6.45) is 2.58. The average Bonchev–Trinajstić information content (AvgIpc) is 3.20. The van der Waals surface area contributed by atoms with Gasteiger partial charge in [0.1, 0.15) is 0 Å². The van der Waals surface area contributed by atoms with E-state index in [2.05, 4.69) is 5.32 Å². The van der Waals surface area contributed by atoms with Crippen LogP contribution in [0.1, 0.15) is 38.2 Å². The molecule has 156 valence electrons. The summed E-state index contributed by atoms with van der Waals surface area (Å²) in [6, 6.07) is 17.3. The summed E-state index contributed by atoms with van der Waals surface area (Å²) in [6.45, 7) is 3.39. The van der Waals surface area contributed by atoms with Gasteiger partial charge in [0, 0.05) is 44.4 Å². The quantitative estimate of drug-likeness (QED) is 0.848. The maximum absolute atomic E-state index is 13.6. The zero-order valence-electron chi connectivity index (χ0n) is 17.3. The van der Waals surface area contributed by atoms with Crippen LogP contribution in [0, 0.1) is 0 Å². The number of rotatable bonds is 4. The summed E-state index contributed by atoms with van der Waals surface area (Å²) < 4.78 is 0. The molecule has 0 aromatic heterocycles. The number of nitrogens with zero attached hydrogens (tertiary/aromatic N) is 2. The van der Waals surface area contributed by atoms with Crippen LogP contribution in [0.3, 0.4) is 0 Å². The Morgan fingerprint density at radius 3 is 2.33 bits per heavy atom. The molecule has 0 aliphatic carbocycles. The predicted molar refractivity (Wildman–Crippen MR) is 116 cm³/mol. The molecule has 3 amide bonds. The number of anilines is 2. The molecule has 6 nitrogen and oxygen atoms in total. The van der Waals surface area contributed by atoms with Crippen molar-refractivity contribution in [2.24, 2.45) is 0 Å². The molecule has 2 heterocycles. The summed E-state index contributed by atoms with van der Waals surface area (Å²) in [5.74, 6) is 0.0951. The Bertz CT molecular complexity index is 949. The Balaban J connectivity index is 1.59. The third-order valence-electron chi connectivity index (χ3n) is 6.31. The second kappa shape index (κ2) is 8.30. The highest BCUT2D eigenvalue weighted by molar-refractivity contribution is 6.01. The number of hydrogen-bond acceptors (Lipinski definition) is 3. The number of nitrogens with one attached hydrogen (secondary N) is 1. The predicted octanol–water partition coefficient (Wildman–Crippen LogP) is 3.33. The van der Waals surface area contributed by atoms with Gasteiger partial charge >= 0.3 is 0 Å². The van der Waals surface area contributed by atoms with Crippen LogP contribution in [0.5, 0.6) is 0 Å². The Labute approximate surface area is 176 Å². The number of likely N-dealkylation sites (tertiary alicyclic amines) is 1. The van der Waals surface area contributed by atoms with Crippen molar-refractivity contribution in [3.8, 4) is 0 Å². The lowest BCUT2D eigenvalue weighted by Gasteiger charge is -2.40. The smallest absolute Gasteiger partial charge is 0.235 e. The van der Waals surface area contributed by atoms with Gasteiger partial charge in [-0.15, -0.1) is 0 Å². The second-order valence-electron chi connectivity index (χ2n) is 8.11. The monoisotopic (exact) mass is 405 g/mol. The van der Waals surface area contributed by atoms with Crippen molar-refractivity contribution in [1.82, 2.24) is 4.90 Å². The second-order valence-corrected chi connectivity index (χ2v) is 8.11. The van der Waals surface area contributed by atoms with E-state index in [-0.39, 0.29) is 17.7 Å². The molecule has 0 unspecified atom stereocenters. The SMILES string of the molecule is CC(=O)N1CCC(C(=O)Nc2cccc(N3CCCC3=O)c2)(c2ccccc2)CC1. The van der Waals surface area contributed by atoms with Crippen LogP contribution in [-0.2, 0) is 19.8 Å². The molecule has 0 radical (unpaired) electrons. The molecular formula is C24H27N3O3. The Morgan fingerprint density at radius 2 is 1.70 bits per heavy atom. The van der Waals surface area contributed by atoms with E-state index in [0.717, 1.165) is 17.7 Å². The number of benzene rings is 2. The van der Waals surface area contributed by atoms with Gasteiger partial charge in [-0.25, -0.2) is 0 Å². The normalized spacial score (nSPS) is 18.4. The molecule has 2 fully saturated rings. The lowest BCUT2D eigenvalue weighted by molar-refractivity contribution is -0.133. The van der Waals surface area contributed by atoms with Crippen molar-refractivity contribution < 1.29 is 14.4 Å². The zero-order chi connectivity index (χ0) is 21.1. The van der Waals surface area contributed by atoms with Gasteiger partial charge in [0.05, 0.1) is 5.41 Å². The van der Waals surface area contributed by atoms with Gasteiger partial charge in [-0.2, -0.15) is 0 Å². The van der Waals surface area contributed by atoms with Crippen LogP contribution in [-0.4, -0.2) is 42.3 Å². The van der Waals surface area contributed by atoms with E-state index in [4.69, 9.17) is 0 Å². The lowest BCUT2D eigenvalue weighted by atomic mass is 9.72. The highest BCUT2D eigenvalue weighted by Gasteiger charge is 2.43. The highest BCUT2D eigenvalue weighted by Crippen LogP contribution is 2.37. The fourth-order valence-corrected chi connectivity index (χ4v) is 4.53. The first-order valence-electron chi connectivity index (χ1n) is 10.5. The summed E-state index contributed by atoms with van der Waals surface area (Å²) in [4.78, 5) is 41.0. The van der Waals surface area contributed by atoms with Crippen molar-refractivity contribution in [2.45, 2.75) is 38.0 Å². The minimum Gasteiger partial charge on any atom is -0.343 e. The molecule has 2 aliphatic rings. The number of hydrogen-bond donors (Lipinski definition) is 1. The first kappa shape index (κ1) is 20.1. The summed E-state index contributed by atoms with van der Waals surface area (Å²) >= 11 is 0. The molecule has 1 N–H and O–H groups in total. The van der Waals surface area contributed by atoms with Crippen LogP contribution >= 0.6 is 0 Å². The fraction of sp³-hybridized carbons (Fsp3) is 0.375. The van der Waals surface area contributed by atoms with Gasteiger partial charge in [-0.1, -0.05) is 36.4 Å². The minimum absolute atomic E-state index is 0.0417. The van der Waals surface area contributed by atoms with Crippen molar-refractivity contribution in [2.75, 3.05) is 29.9 Å². The Hall–Kier alpha value is -3.15. The largest absolute Gasteiger partial charge is 0.343 e. The minimum atomic E-state index is -0.688. The zero-order valence-corrected chi connectivity index (χ0v) is 17.3. The number of piperidine rings is 1. The van der Waals surface area contributed by atoms with Gasteiger partial charge in [0.25, 0.3) is 0 Å². The number of carbonyl (C=O) groups excluding carboxylic acids is 3. The number of amides is 3. The summed E-state index contributed by atoms with van der Waals surface area (Å²) in [7, 11) is 0. The van der Waals surface area contributed by atoms with E-state index in [1.54, 1.807) is 16.7 Å².